The summed E-state index contributed by atoms with van der Waals surface area (Å²) in [6.07, 6.45) is 7.98. The van der Waals surface area contributed by atoms with Crippen LogP contribution in [0.5, 0.6) is 0 Å². The van der Waals surface area contributed by atoms with Crippen molar-refractivity contribution in [2.24, 2.45) is 17.8 Å². The highest BCUT2D eigenvalue weighted by atomic mass is 16.1. The van der Waals surface area contributed by atoms with Crippen molar-refractivity contribution in [2.45, 2.75) is 44.7 Å². The molecule has 0 spiro atoms. The van der Waals surface area contributed by atoms with Gasteiger partial charge in [-0.1, -0.05) is 0 Å². The van der Waals surface area contributed by atoms with Crippen molar-refractivity contribution in [1.82, 2.24) is 19.9 Å². The van der Waals surface area contributed by atoms with Gasteiger partial charge in [0, 0.05) is 55.1 Å². The Hall–Kier alpha value is -2.77. The Labute approximate surface area is 169 Å². The Bertz CT molecular complexity index is 971. The van der Waals surface area contributed by atoms with Crippen LogP contribution in [0.4, 0.5) is 17.7 Å². The molecular weight excluding hydrogens is 366 g/mol. The van der Waals surface area contributed by atoms with E-state index >= 15 is 0 Å². The van der Waals surface area contributed by atoms with Crippen molar-refractivity contribution in [3.8, 4) is 11.3 Å². The van der Waals surface area contributed by atoms with E-state index in [-0.39, 0.29) is 11.9 Å². The first kappa shape index (κ1) is 17.1. The number of nitrogen functional groups attached to an aromatic ring is 1. The molecule has 2 aromatic heterocycles. The summed E-state index contributed by atoms with van der Waals surface area (Å²) in [5, 5.41) is 0. The topological polar surface area (TPSA) is 101 Å². The number of nitrogens with zero attached hydrogens (tertiary/aromatic N) is 6. The van der Waals surface area contributed by atoms with Crippen LogP contribution < -0.4 is 15.5 Å². The number of anilines is 3. The first-order valence-corrected chi connectivity index (χ1v) is 10.6. The quantitative estimate of drug-likeness (QED) is 0.844. The van der Waals surface area contributed by atoms with Crippen LogP contribution >= 0.6 is 0 Å². The highest BCUT2D eigenvalue weighted by Gasteiger charge is 2.48. The van der Waals surface area contributed by atoms with Crippen LogP contribution in [0.15, 0.2) is 18.5 Å². The van der Waals surface area contributed by atoms with Crippen LogP contribution in [-0.2, 0) is 4.79 Å². The fraction of sp³-hybridized carbons (Fsp3) is 0.571. The molecule has 2 aliphatic carbocycles. The van der Waals surface area contributed by atoms with Gasteiger partial charge >= 0.3 is 0 Å². The molecule has 5 fully saturated rings. The van der Waals surface area contributed by atoms with Gasteiger partial charge in [0.2, 0.25) is 11.9 Å². The predicted octanol–water partition coefficient (Wildman–Crippen LogP) is 1.92. The van der Waals surface area contributed by atoms with E-state index in [1.807, 2.05) is 6.07 Å². The number of carbonyl (C=O) groups is 1. The summed E-state index contributed by atoms with van der Waals surface area (Å²) in [5.41, 5.74) is 7.35. The summed E-state index contributed by atoms with van der Waals surface area (Å²) in [6, 6.07) is 3.00. The minimum atomic E-state index is 0.216. The van der Waals surface area contributed by atoms with Gasteiger partial charge < -0.3 is 15.5 Å². The summed E-state index contributed by atoms with van der Waals surface area (Å²) >= 11 is 0. The second-order valence-corrected chi connectivity index (χ2v) is 9.14. The number of Topliss-reactive ketones (excluding diaryl/α,β-unsaturated/α-hetero) is 1. The molecule has 0 radical (unpaired) electrons. The molecule has 5 heterocycles. The highest BCUT2D eigenvalue weighted by Crippen LogP contribution is 2.46. The van der Waals surface area contributed by atoms with E-state index < -0.39 is 0 Å². The first-order valence-electron chi connectivity index (χ1n) is 10.6. The largest absolute Gasteiger partial charge is 0.368 e. The molecule has 5 aliphatic rings. The Morgan fingerprint density at radius 1 is 1.03 bits per heavy atom. The smallest absolute Gasteiger partial charge is 0.228 e. The summed E-state index contributed by atoms with van der Waals surface area (Å²) in [5.74, 6) is 3.81. The molecular formula is C21H25N7O. The summed E-state index contributed by atoms with van der Waals surface area (Å²) in [4.78, 5) is 34.9. The third-order valence-electron chi connectivity index (χ3n) is 7.39. The van der Waals surface area contributed by atoms with Crippen LogP contribution in [0, 0.1) is 17.8 Å². The van der Waals surface area contributed by atoms with Crippen molar-refractivity contribution in [1.29, 1.82) is 0 Å². The zero-order valence-corrected chi connectivity index (χ0v) is 16.5. The lowest BCUT2D eigenvalue weighted by molar-refractivity contribution is -0.121. The molecule has 8 heteroatoms. The number of carbonyl (C=O) groups excluding carboxylic acids is 1. The fourth-order valence-electron chi connectivity index (χ4n) is 5.82. The van der Waals surface area contributed by atoms with E-state index in [2.05, 4.69) is 19.8 Å². The van der Waals surface area contributed by atoms with E-state index in [0.717, 1.165) is 54.9 Å². The van der Waals surface area contributed by atoms with Crippen molar-refractivity contribution >= 4 is 23.5 Å². The van der Waals surface area contributed by atoms with Crippen LogP contribution in [0.2, 0.25) is 0 Å². The molecule has 3 aliphatic heterocycles. The lowest BCUT2D eigenvalue weighted by Crippen LogP contribution is -2.38. The fourth-order valence-corrected chi connectivity index (χ4v) is 5.82. The van der Waals surface area contributed by atoms with Gasteiger partial charge in [-0.2, -0.15) is 4.98 Å². The second-order valence-electron chi connectivity index (χ2n) is 9.14. The van der Waals surface area contributed by atoms with Crippen molar-refractivity contribution in [3.63, 3.8) is 0 Å². The molecule has 2 saturated carbocycles. The van der Waals surface area contributed by atoms with Crippen LogP contribution in [0.25, 0.3) is 11.3 Å². The molecule has 3 saturated heterocycles. The molecule has 0 aromatic carbocycles. The van der Waals surface area contributed by atoms with Gasteiger partial charge in [-0.3, -0.25) is 4.79 Å². The van der Waals surface area contributed by atoms with E-state index in [1.165, 1.54) is 12.8 Å². The maximum absolute atomic E-state index is 11.9. The van der Waals surface area contributed by atoms with Gasteiger partial charge in [0.1, 0.15) is 11.6 Å². The van der Waals surface area contributed by atoms with Crippen molar-refractivity contribution in [2.75, 3.05) is 28.6 Å². The number of fused-ring (bicyclic) bond motifs is 3. The SMILES string of the molecule is CC(=O)C1C[C@@H]2C[C@H]1CN2c1cc(-c2cnc(N)nc2)nc(N2CC3CC2C3)n1. The van der Waals surface area contributed by atoms with Gasteiger partial charge in [-0.15, -0.1) is 0 Å². The van der Waals surface area contributed by atoms with Crippen LogP contribution in [-0.4, -0.2) is 50.9 Å². The molecule has 29 heavy (non-hydrogen) atoms. The monoisotopic (exact) mass is 391 g/mol. The van der Waals surface area contributed by atoms with Crippen LogP contribution in [0.3, 0.4) is 0 Å². The highest BCUT2D eigenvalue weighted by molar-refractivity contribution is 5.80. The first-order chi connectivity index (χ1) is 14.0. The minimum Gasteiger partial charge on any atom is -0.368 e. The maximum Gasteiger partial charge on any atom is 0.228 e. The molecule has 8 nitrogen and oxygen atoms in total. The van der Waals surface area contributed by atoms with Gasteiger partial charge in [-0.25, -0.2) is 15.0 Å². The summed E-state index contributed by atoms with van der Waals surface area (Å²) < 4.78 is 0. The molecule has 0 amide bonds. The van der Waals surface area contributed by atoms with E-state index in [0.29, 0.717) is 23.8 Å². The van der Waals surface area contributed by atoms with E-state index in [4.69, 9.17) is 15.7 Å². The molecule has 7 rings (SSSR count). The molecule has 2 N–H and O–H groups in total. The van der Waals surface area contributed by atoms with Gasteiger partial charge in [-0.05, 0) is 44.4 Å². The average Bonchev–Trinajstić information content (AvgIpc) is 3.46. The second kappa shape index (κ2) is 6.11. The van der Waals surface area contributed by atoms with Gasteiger partial charge in [0.05, 0.1) is 5.69 Å². The summed E-state index contributed by atoms with van der Waals surface area (Å²) in [6.45, 7) is 3.68. The molecule has 150 valence electrons. The molecule has 2 aromatic rings. The predicted molar refractivity (Wildman–Crippen MR) is 109 cm³/mol. The number of rotatable bonds is 4. The number of hydrogen-bond donors (Lipinski definition) is 1. The van der Waals surface area contributed by atoms with E-state index in [1.54, 1.807) is 19.3 Å². The van der Waals surface area contributed by atoms with Crippen LogP contribution in [0.1, 0.15) is 32.6 Å². The maximum atomic E-state index is 11.9. The third-order valence-corrected chi connectivity index (χ3v) is 7.39. The van der Waals surface area contributed by atoms with Gasteiger partial charge in [0.15, 0.2) is 0 Å². The standard InChI is InChI=1S/C21H25N7O/c1-11(29)17-5-16-4-13(17)10-27(16)19-6-18(14-7-23-20(22)24-8-14)25-21(26-19)28-9-12-2-15(28)3-12/h6-8,12-13,15-17H,2-5,9-10H2,1H3,(H2,22,23,24)/t12?,13-,15?,16-,17?/m0/s1. The molecule has 3 atom stereocenters. The normalized spacial score (nSPS) is 32.0. The van der Waals surface area contributed by atoms with E-state index in [9.17, 15) is 4.79 Å². The molecule has 1 unspecified atom stereocenters. The Morgan fingerprint density at radius 2 is 1.79 bits per heavy atom. The number of aromatic nitrogens is 4. The third kappa shape index (κ3) is 2.68. The zero-order chi connectivity index (χ0) is 19.7. The number of ketones is 1. The number of hydrogen-bond acceptors (Lipinski definition) is 8. The van der Waals surface area contributed by atoms with Gasteiger partial charge in [0.25, 0.3) is 0 Å². The lowest BCUT2D eigenvalue weighted by atomic mass is 9.86. The summed E-state index contributed by atoms with van der Waals surface area (Å²) in [7, 11) is 0. The average molecular weight is 391 g/mol. The molecule has 4 bridgehead atoms. The Kier molecular flexibility index (Phi) is 3.61. The Balaban J connectivity index is 1.38. The number of piperidine rings is 1. The lowest BCUT2D eigenvalue weighted by Gasteiger charge is -2.32. The zero-order valence-electron chi connectivity index (χ0n) is 16.5. The van der Waals surface area contributed by atoms with Crippen molar-refractivity contribution < 1.29 is 4.79 Å². The van der Waals surface area contributed by atoms with Crippen molar-refractivity contribution in [3.05, 3.63) is 18.5 Å². The Morgan fingerprint density at radius 3 is 2.41 bits per heavy atom. The number of nitrogens with two attached hydrogens (primary N) is 1. The minimum absolute atomic E-state index is 0.216.